The number of amides is 3. The molecule has 12 heteroatoms. The molecule has 3 aromatic rings. The van der Waals surface area contributed by atoms with E-state index >= 15 is 0 Å². The van der Waals surface area contributed by atoms with E-state index in [4.69, 9.17) is 16.3 Å². The SMILES string of the molecule is CNC(=O)c1cc(Oc2ccc(NNC(=O)Nc3ccc(Cl)cc3C(F)(F)F)cc2)ccn1. The third kappa shape index (κ3) is 6.50. The first-order chi connectivity index (χ1) is 15.7. The third-order valence-corrected chi connectivity index (χ3v) is 4.37. The molecule has 2 aromatic carbocycles. The Kier molecular flexibility index (Phi) is 7.23. The van der Waals surface area contributed by atoms with Crippen molar-refractivity contribution in [2.75, 3.05) is 17.8 Å². The Morgan fingerprint density at radius 1 is 1.00 bits per heavy atom. The molecule has 3 rings (SSSR count). The second-order valence-electron chi connectivity index (χ2n) is 6.47. The topological polar surface area (TPSA) is 104 Å². The summed E-state index contributed by atoms with van der Waals surface area (Å²) in [5.41, 5.74) is 3.93. The molecule has 0 unspecified atom stereocenters. The maximum Gasteiger partial charge on any atom is 0.418 e. The highest BCUT2D eigenvalue weighted by molar-refractivity contribution is 6.30. The smallest absolute Gasteiger partial charge is 0.418 e. The van der Waals surface area contributed by atoms with Crippen molar-refractivity contribution in [2.24, 2.45) is 0 Å². The van der Waals surface area contributed by atoms with Crippen molar-refractivity contribution in [1.29, 1.82) is 0 Å². The fourth-order valence-corrected chi connectivity index (χ4v) is 2.78. The summed E-state index contributed by atoms with van der Waals surface area (Å²) in [6.45, 7) is 0. The lowest BCUT2D eigenvalue weighted by molar-refractivity contribution is -0.136. The van der Waals surface area contributed by atoms with Crippen LogP contribution in [0.2, 0.25) is 5.02 Å². The van der Waals surface area contributed by atoms with Crippen LogP contribution in [-0.2, 0) is 6.18 Å². The molecule has 0 aliphatic rings. The summed E-state index contributed by atoms with van der Waals surface area (Å²) in [5.74, 6) is 0.477. The van der Waals surface area contributed by atoms with Crippen LogP contribution in [-0.4, -0.2) is 24.0 Å². The van der Waals surface area contributed by atoms with Gasteiger partial charge in [-0.05, 0) is 48.5 Å². The summed E-state index contributed by atoms with van der Waals surface area (Å²) < 4.78 is 45.0. The van der Waals surface area contributed by atoms with Crippen LogP contribution in [0.15, 0.2) is 60.8 Å². The van der Waals surface area contributed by atoms with Crippen LogP contribution in [0.25, 0.3) is 0 Å². The number of carbonyl (C=O) groups excluding carboxylic acids is 2. The number of carbonyl (C=O) groups is 2. The van der Waals surface area contributed by atoms with Gasteiger partial charge in [0.05, 0.1) is 16.9 Å². The van der Waals surface area contributed by atoms with Gasteiger partial charge in [-0.25, -0.2) is 4.79 Å². The van der Waals surface area contributed by atoms with Crippen LogP contribution >= 0.6 is 11.6 Å². The number of alkyl halides is 3. The zero-order valence-electron chi connectivity index (χ0n) is 17.0. The molecule has 172 valence electrons. The molecular formula is C21H17ClF3N5O3. The summed E-state index contributed by atoms with van der Waals surface area (Å²) in [6, 6.07) is 11.5. The number of rotatable bonds is 6. The summed E-state index contributed by atoms with van der Waals surface area (Å²) in [7, 11) is 1.49. The molecule has 1 heterocycles. The predicted molar refractivity (Wildman–Crippen MR) is 116 cm³/mol. The van der Waals surface area contributed by atoms with Gasteiger partial charge in [-0.1, -0.05) is 11.6 Å². The van der Waals surface area contributed by atoms with Gasteiger partial charge in [-0.2, -0.15) is 13.2 Å². The van der Waals surface area contributed by atoms with E-state index in [2.05, 4.69) is 26.5 Å². The number of pyridine rings is 1. The minimum atomic E-state index is -4.69. The van der Waals surface area contributed by atoms with Crippen LogP contribution in [0.5, 0.6) is 11.5 Å². The third-order valence-electron chi connectivity index (χ3n) is 4.14. The van der Waals surface area contributed by atoms with Crippen LogP contribution in [0.4, 0.5) is 29.3 Å². The van der Waals surface area contributed by atoms with E-state index in [9.17, 15) is 22.8 Å². The largest absolute Gasteiger partial charge is 0.457 e. The number of ether oxygens (including phenoxy) is 1. The van der Waals surface area contributed by atoms with E-state index in [1.165, 1.54) is 25.4 Å². The first-order valence-corrected chi connectivity index (χ1v) is 9.69. The van der Waals surface area contributed by atoms with Gasteiger partial charge >= 0.3 is 12.2 Å². The van der Waals surface area contributed by atoms with Crippen molar-refractivity contribution < 1.29 is 27.5 Å². The van der Waals surface area contributed by atoms with Gasteiger partial charge in [0.25, 0.3) is 5.91 Å². The van der Waals surface area contributed by atoms with Crippen LogP contribution in [0.3, 0.4) is 0 Å². The van der Waals surface area contributed by atoms with E-state index in [0.717, 1.165) is 12.1 Å². The van der Waals surface area contributed by atoms with Crippen molar-refractivity contribution in [3.8, 4) is 11.5 Å². The van der Waals surface area contributed by atoms with Gasteiger partial charge in [-0.15, -0.1) is 0 Å². The normalized spacial score (nSPS) is 10.8. The van der Waals surface area contributed by atoms with Gasteiger partial charge in [0, 0.05) is 24.3 Å². The number of aromatic nitrogens is 1. The second kappa shape index (κ2) is 10.1. The lowest BCUT2D eigenvalue weighted by Gasteiger charge is -2.15. The Balaban J connectivity index is 1.58. The van der Waals surface area contributed by atoms with Gasteiger partial charge in [0.2, 0.25) is 0 Å². The first-order valence-electron chi connectivity index (χ1n) is 9.31. The number of urea groups is 1. The quantitative estimate of drug-likeness (QED) is 0.370. The molecule has 0 aliphatic heterocycles. The van der Waals surface area contributed by atoms with Crippen LogP contribution in [0, 0.1) is 0 Å². The maximum absolute atomic E-state index is 13.1. The predicted octanol–water partition coefficient (Wildman–Crippen LogP) is 5.05. The monoisotopic (exact) mass is 479 g/mol. The number of hydrogen-bond donors (Lipinski definition) is 4. The van der Waals surface area contributed by atoms with Crippen molar-refractivity contribution in [3.63, 3.8) is 0 Å². The fourth-order valence-electron chi connectivity index (χ4n) is 2.61. The molecule has 33 heavy (non-hydrogen) atoms. The van der Waals surface area contributed by atoms with Crippen molar-refractivity contribution in [3.05, 3.63) is 77.1 Å². The van der Waals surface area contributed by atoms with Gasteiger partial charge < -0.3 is 15.4 Å². The van der Waals surface area contributed by atoms with Gasteiger partial charge in [0.15, 0.2) is 0 Å². The molecule has 0 bridgehead atoms. The summed E-state index contributed by atoms with van der Waals surface area (Å²) in [5, 5.41) is 4.48. The van der Waals surface area contributed by atoms with E-state index in [1.54, 1.807) is 30.3 Å². The van der Waals surface area contributed by atoms with Crippen LogP contribution < -0.4 is 26.2 Å². The Bertz CT molecular complexity index is 1160. The minimum Gasteiger partial charge on any atom is -0.457 e. The molecule has 4 N–H and O–H groups in total. The molecule has 0 atom stereocenters. The lowest BCUT2D eigenvalue weighted by atomic mass is 10.1. The molecular weight excluding hydrogens is 463 g/mol. The Labute approximate surface area is 191 Å². The molecule has 0 radical (unpaired) electrons. The highest BCUT2D eigenvalue weighted by Crippen LogP contribution is 2.36. The average molecular weight is 480 g/mol. The molecule has 0 saturated heterocycles. The molecule has 0 spiro atoms. The number of halogens is 4. The first kappa shape index (κ1) is 23.7. The van der Waals surface area contributed by atoms with Crippen LogP contribution in [0.1, 0.15) is 16.1 Å². The minimum absolute atomic E-state index is 0.106. The number of nitrogens with one attached hydrogen (secondary N) is 4. The number of hydrogen-bond acceptors (Lipinski definition) is 5. The Morgan fingerprint density at radius 2 is 1.73 bits per heavy atom. The number of benzene rings is 2. The molecule has 3 amide bonds. The zero-order chi connectivity index (χ0) is 24.0. The summed E-state index contributed by atoms with van der Waals surface area (Å²) in [4.78, 5) is 27.6. The maximum atomic E-state index is 13.1. The van der Waals surface area contributed by atoms with E-state index in [1.807, 2.05) is 0 Å². The van der Waals surface area contributed by atoms with Crippen molar-refractivity contribution in [1.82, 2.24) is 15.7 Å². The molecule has 0 fully saturated rings. The lowest BCUT2D eigenvalue weighted by Crippen LogP contribution is -2.34. The highest BCUT2D eigenvalue weighted by Gasteiger charge is 2.34. The molecule has 0 saturated carbocycles. The summed E-state index contributed by atoms with van der Waals surface area (Å²) in [6.07, 6.45) is -3.25. The van der Waals surface area contributed by atoms with Crippen molar-refractivity contribution in [2.45, 2.75) is 6.18 Å². The molecule has 1 aromatic heterocycles. The zero-order valence-corrected chi connectivity index (χ0v) is 17.7. The van der Waals surface area contributed by atoms with E-state index < -0.39 is 23.5 Å². The number of anilines is 2. The molecule has 8 nitrogen and oxygen atoms in total. The van der Waals surface area contributed by atoms with Crippen molar-refractivity contribution >= 4 is 34.9 Å². The Morgan fingerprint density at radius 3 is 2.39 bits per heavy atom. The second-order valence-corrected chi connectivity index (χ2v) is 6.91. The fraction of sp³-hybridized carbons (Fsp3) is 0.0952. The standard InChI is InChI=1S/C21H17ClF3N5O3/c1-26-19(31)18-11-15(8-9-27-18)33-14-5-3-13(4-6-14)29-30-20(32)28-17-7-2-12(22)10-16(17)21(23,24)25/h2-11,29H,1H3,(H,26,31)(H2,28,30,32). The van der Waals surface area contributed by atoms with Gasteiger partial charge in [0.1, 0.15) is 17.2 Å². The number of hydrazine groups is 1. The van der Waals surface area contributed by atoms with E-state index in [-0.39, 0.29) is 16.6 Å². The number of nitrogens with zero attached hydrogens (tertiary/aromatic N) is 1. The van der Waals surface area contributed by atoms with E-state index in [0.29, 0.717) is 17.2 Å². The average Bonchev–Trinajstić information content (AvgIpc) is 2.79. The summed E-state index contributed by atoms with van der Waals surface area (Å²) >= 11 is 5.62. The highest BCUT2D eigenvalue weighted by atomic mass is 35.5. The van der Waals surface area contributed by atoms with Gasteiger partial charge in [-0.3, -0.25) is 20.6 Å². The molecule has 0 aliphatic carbocycles. The Hall–Kier alpha value is -3.99.